The van der Waals surface area contributed by atoms with Gasteiger partial charge in [-0.25, -0.2) is 4.39 Å². The molecule has 0 radical (unpaired) electrons. The first-order valence-corrected chi connectivity index (χ1v) is 7.22. The lowest BCUT2D eigenvalue weighted by Gasteiger charge is -2.34. The summed E-state index contributed by atoms with van der Waals surface area (Å²) in [7, 11) is -0.988. The normalized spacial score (nSPS) is 33.6. The van der Waals surface area contributed by atoms with Gasteiger partial charge >= 0.3 is 0 Å². The van der Waals surface area contributed by atoms with Crippen LogP contribution in [-0.2, 0) is 16.5 Å². The van der Waals surface area contributed by atoms with Crippen molar-refractivity contribution in [2.75, 3.05) is 11.5 Å². The minimum atomic E-state index is -1.73. The molecule has 1 saturated heterocycles. The molecule has 1 fully saturated rings. The van der Waals surface area contributed by atoms with Gasteiger partial charge in [0.15, 0.2) is 0 Å². The van der Waals surface area contributed by atoms with Gasteiger partial charge in [-0.3, -0.25) is 9.00 Å². The van der Waals surface area contributed by atoms with Gasteiger partial charge in [0.2, 0.25) is 0 Å². The van der Waals surface area contributed by atoms with Gasteiger partial charge in [-0.15, -0.1) is 0 Å². The van der Waals surface area contributed by atoms with Gasteiger partial charge < -0.3 is 4.98 Å². The highest BCUT2D eigenvalue weighted by atomic mass is 35.5. The number of rotatable bonds is 1. The van der Waals surface area contributed by atoms with Crippen molar-refractivity contribution in [3.05, 3.63) is 33.2 Å². The molecule has 3 nitrogen and oxygen atoms in total. The first kappa shape index (κ1) is 12.8. The summed E-state index contributed by atoms with van der Waals surface area (Å²) >= 11 is 5.78. The number of pyridine rings is 1. The average molecular weight is 278 g/mol. The number of halogens is 2. The number of hydrogen-bond donors (Lipinski definition) is 1. The quantitative estimate of drug-likeness (QED) is 0.853. The molecule has 1 N–H and O–H groups in total. The molecule has 1 aromatic heterocycles. The fourth-order valence-corrected chi connectivity index (χ4v) is 3.85. The lowest BCUT2D eigenvalue weighted by molar-refractivity contribution is 0.0898. The molecule has 0 aliphatic carbocycles. The number of nitrogens with one attached hydrogen (secondary N) is 1. The van der Waals surface area contributed by atoms with E-state index in [1.807, 2.05) is 0 Å². The highest BCUT2D eigenvalue weighted by Crippen LogP contribution is 2.40. The zero-order chi connectivity index (χ0) is 12.6. The van der Waals surface area contributed by atoms with Crippen LogP contribution in [0.3, 0.4) is 0 Å². The highest BCUT2D eigenvalue weighted by Gasteiger charge is 2.44. The van der Waals surface area contributed by atoms with Gasteiger partial charge in [0.25, 0.3) is 5.56 Å². The van der Waals surface area contributed by atoms with E-state index in [1.165, 1.54) is 12.3 Å². The van der Waals surface area contributed by atoms with Crippen LogP contribution in [0, 0.1) is 5.92 Å². The second-order valence-corrected chi connectivity index (χ2v) is 6.44. The van der Waals surface area contributed by atoms with Crippen LogP contribution in [-0.4, -0.2) is 20.7 Å². The summed E-state index contributed by atoms with van der Waals surface area (Å²) in [6.07, 6.45) is 1.44. The largest absolute Gasteiger partial charge is 0.327 e. The SMILES string of the molecule is CC1CS(=O)CCC1(F)c1cc(Cl)c[nH]c1=O. The van der Waals surface area contributed by atoms with Crippen molar-refractivity contribution in [2.45, 2.75) is 19.0 Å². The second kappa shape index (κ2) is 4.53. The van der Waals surface area contributed by atoms with Crippen LogP contribution in [0.15, 0.2) is 17.1 Å². The summed E-state index contributed by atoms with van der Waals surface area (Å²) < 4.78 is 26.3. The van der Waals surface area contributed by atoms with E-state index in [0.717, 1.165) is 0 Å². The Bertz CT molecular complexity index is 518. The van der Waals surface area contributed by atoms with Gasteiger partial charge in [-0.1, -0.05) is 18.5 Å². The third-order valence-corrected chi connectivity index (χ3v) is 4.98. The van der Waals surface area contributed by atoms with Crippen LogP contribution >= 0.6 is 11.6 Å². The zero-order valence-electron chi connectivity index (χ0n) is 9.33. The smallest absolute Gasteiger partial charge is 0.254 e. The summed E-state index contributed by atoms with van der Waals surface area (Å²) in [5.74, 6) is 0.117. The summed E-state index contributed by atoms with van der Waals surface area (Å²) in [6, 6.07) is 1.37. The van der Waals surface area contributed by atoms with E-state index >= 15 is 0 Å². The van der Waals surface area contributed by atoms with Crippen molar-refractivity contribution >= 4 is 22.4 Å². The Morgan fingerprint density at radius 1 is 1.65 bits per heavy atom. The Kier molecular flexibility index (Phi) is 3.41. The Labute approximate surface area is 106 Å². The zero-order valence-corrected chi connectivity index (χ0v) is 10.9. The average Bonchev–Trinajstić information content (AvgIpc) is 2.27. The molecule has 0 spiro atoms. The van der Waals surface area contributed by atoms with Crippen LogP contribution in [0.2, 0.25) is 5.02 Å². The minimum absolute atomic E-state index is 0.0502. The summed E-state index contributed by atoms with van der Waals surface area (Å²) in [5, 5.41) is 0.301. The van der Waals surface area contributed by atoms with Crippen molar-refractivity contribution in [1.82, 2.24) is 4.98 Å². The molecule has 17 heavy (non-hydrogen) atoms. The van der Waals surface area contributed by atoms with Crippen molar-refractivity contribution in [2.24, 2.45) is 5.92 Å². The van der Waals surface area contributed by atoms with E-state index in [1.54, 1.807) is 6.92 Å². The third-order valence-electron chi connectivity index (χ3n) is 3.23. The van der Waals surface area contributed by atoms with Crippen LogP contribution in [0.4, 0.5) is 4.39 Å². The molecule has 3 atom stereocenters. The van der Waals surface area contributed by atoms with Crippen LogP contribution in [0.1, 0.15) is 18.9 Å². The molecule has 0 saturated carbocycles. The molecule has 0 aromatic carbocycles. The Morgan fingerprint density at radius 2 is 2.35 bits per heavy atom. The standard InChI is InChI=1S/C11H13ClFNO2S/c1-7-6-17(16)3-2-11(7,13)9-4-8(12)5-14-10(9)15/h4-5,7H,2-3,6H2,1H3,(H,14,15). The monoisotopic (exact) mass is 277 g/mol. The topological polar surface area (TPSA) is 49.9 Å². The maximum atomic E-state index is 14.9. The Morgan fingerprint density at radius 3 is 3.00 bits per heavy atom. The van der Waals surface area contributed by atoms with E-state index in [2.05, 4.69) is 4.98 Å². The number of H-pyrrole nitrogens is 1. The maximum Gasteiger partial charge on any atom is 0.254 e. The summed E-state index contributed by atoms with van der Waals surface area (Å²) in [5.41, 5.74) is -2.14. The molecule has 1 aliphatic heterocycles. The second-order valence-electron chi connectivity index (χ2n) is 4.38. The lowest BCUT2D eigenvalue weighted by Crippen LogP contribution is -2.42. The van der Waals surface area contributed by atoms with Gasteiger partial charge in [-0.2, -0.15) is 0 Å². The lowest BCUT2D eigenvalue weighted by atomic mass is 9.83. The molecule has 2 rings (SSSR count). The van der Waals surface area contributed by atoms with E-state index in [4.69, 9.17) is 11.6 Å². The molecule has 0 amide bonds. The van der Waals surface area contributed by atoms with E-state index in [-0.39, 0.29) is 23.5 Å². The van der Waals surface area contributed by atoms with Crippen molar-refractivity contribution in [3.63, 3.8) is 0 Å². The molecule has 1 aliphatic rings. The minimum Gasteiger partial charge on any atom is -0.327 e. The molecular weight excluding hydrogens is 265 g/mol. The Balaban J connectivity index is 2.47. The predicted octanol–water partition coefficient (Wildman–Crippen LogP) is 1.98. The fourth-order valence-electron chi connectivity index (χ4n) is 2.17. The van der Waals surface area contributed by atoms with Crippen LogP contribution in [0.5, 0.6) is 0 Å². The third kappa shape index (κ3) is 2.31. The first-order valence-electron chi connectivity index (χ1n) is 5.36. The first-order chi connectivity index (χ1) is 7.93. The van der Waals surface area contributed by atoms with Crippen molar-refractivity contribution < 1.29 is 8.60 Å². The number of aromatic nitrogens is 1. The van der Waals surface area contributed by atoms with Crippen LogP contribution < -0.4 is 5.56 Å². The van der Waals surface area contributed by atoms with Crippen molar-refractivity contribution in [3.8, 4) is 0 Å². The number of alkyl halides is 1. The van der Waals surface area contributed by atoms with Crippen LogP contribution in [0.25, 0.3) is 0 Å². The molecular formula is C11H13ClFNO2S. The fraction of sp³-hybridized carbons (Fsp3) is 0.545. The van der Waals surface area contributed by atoms with E-state index in [9.17, 15) is 13.4 Å². The van der Waals surface area contributed by atoms with E-state index < -0.39 is 27.9 Å². The maximum absolute atomic E-state index is 14.9. The Hall–Kier alpha value is -0.680. The summed E-state index contributed by atoms with van der Waals surface area (Å²) in [6.45, 7) is 1.68. The van der Waals surface area contributed by atoms with Gasteiger partial charge in [0.1, 0.15) is 5.67 Å². The van der Waals surface area contributed by atoms with Gasteiger partial charge in [-0.05, 0) is 12.5 Å². The molecule has 6 heteroatoms. The molecule has 0 bridgehead atoms. The van der Waals surface area contributed by atoms with Crippen molar-refractivity contribution in [1.29, 1.82) is 0 Å². The van der Waals surface area contributed by atoms with Gasteiger partial charge in [0.05, 0.1) is 10.6 Å². The number of hydrogen-bond acceptors (Lipinski definition) is 2. The van der Waals surface area contributed by atoms with Gasteiger partial charge in [0, 0.05) is 34.4 Å². The highest BCUT2D eigenvalue weighted by molar-refractivity contribution is 7.85. The number of aromatic amines is 1. The van der Waals surface area contributed by atoms with E-state index in [0.29, 0.717) is 5.02 Å². The summed E-state index contributed by atoms with van der Waals surface area (Å²) in [4.78, 5) is 14.1. The molecule has 3 unspecified atom stereocenters. The predicted molar refractivity (Wildman–Crippen MR) is 66.5 cm³/mol. The molecule has 94 valence electrons. The molecule has 1 aromatic rings. The molecule has 2 heterocycles.